The molecule has 0 fully saturated rings. The van der Waals surface area contributed by atoms with Crippen LogP contribution in [-0.4, -0.2) is 23.1 Å². The van der Waals surface area contributed by atoms with E-state index in [1.807, 2.05) is 0 Å². The largest absolute Gasteiger partial charge is 0.497 e. The lowest BCUT2D eigenvalue weighted by atomic mass is 10.4. The van der Waals surface area contributed by atoms with Gasteiger partial charge in [-0.25, -0.2) is 0 Å². The minimum Gasteiger partial charge on any atom is -0.377 e. The van der Waals surface area contributed by atoms with Crippen LogP contribution in [-0.2, 0) is 0 Å². The molecule has 3 aromatic rings. The average molecular weight is 304 g/mol. The van der Waals surface area contributed by atoms with Crippen LogP contribution in [0.3, 0.4) is 0 Å². The second-order valence-electron chi connectivity index (χ2n) is 5.44. The van der Waals surface area contributed by atoms with E-state index in [-0.39, 0.29) is 0 Å². The van der Waals surface area contributed by atoms with E-state index < -0.39 is 8.96 Å². The van der Waals surface area contributed by atoms with Crippen molar-refractivity contribution in [3.05, 3.63) is 85.2 Å². The quantitative estimate of drug-likeness (QED) is 0.666. The maximum absolute atomic E-state index is 2.36. The summed E-state index contributed by atoms with van der Waals surface area (Å²) in [4.78, 5) is 2.13. The second-order valence-corrected chi connectivity index (χ2v) is 7.81. The molecule has 1 aromatic heterocycles. The summed E-state index contributed by atoms with van der Waals surface area (Å²) in [6, 6.07) is 25.9. The molecule has 0 N–H and O–H groups in total. The van der Waals surface area contributed by atoms with Crippen LogP contribution in [0, 0.1) is 0 Å². The van der Waals surface area contributed by atoms with E-state index in [1.165, 1.54) is 16.1 Å². The normalized spacial score (nSPS) is 10.7. The predicted octanol–water partition coefficient (Wildman–Crippen LogP) is 1.69. The monoisotopic (exact) mass is 304 g/mol. The number of aromatic nitrogens is 1. The third-order valence-electron chi connectivity index (χ3n) is 3.68. The highest BCUT2D eigenvalue weighted by atomic mass is 28.3. The third kappa shape index (κ3) is 3.10. The van der Waals surface area contributed by atoms with E-state index in [0.717, 1.165) is 0 Å². The molecule has 0 spiro atoms. The second kappa shape index (κ2) is 6.58. The van der Waals surface area contributed by atoms with Crippen LogP contribution >= 0.6 is 0 Å². The van der Waals surface area contributed by atoms with E-state index >= 15 is 0 Å². The van der Waals surface area contributed by atoms with Crippen molar-refractivity contribution in [3.8, 4) is 0 Å². The minimum absolute atomic E-state index is 1.02. The van der Waals surface area contributed by atoms with Crippen molar-refractivity contribution in [1.82, 2.24) is 0 Å². The highest BCUT2D eigenvalue weighted by Gasteiger charge is 2.31. The van der Waals surface area contributed by atoms with E-state index in [4.69, 9.17) is 0 Å². The highest BCUT2D eigenvalue weighted by Crippen LogP contribution is 2.06. The van der Waals surface area contributed by atoms with Crippen molar-refractivity contribution in [3.63, 3.8) is 0 Å². The Morgan fingerprint density at radius 2 is 1.14 bits per heavy atom. The van der Waals surface area contributed by atoms with Gasteiger partial charge in [0.1, 0.15) is 12.4 Å². The molecule has 2 nitrogen and oxygen atoms in total. The number of rotatable bonds is 4. The smallest absolute Gasteiger partial charge is 0.377 e. The summed E-state index contributed by atoms with van der Waals surface area (Å²) in [6.45, 7) is 0. The first-order chi connectivity index (χ1) is 10.8. The van der Waals surface area contributed by atoms with E-state index in [1.54, 1.807) is 0 Å². The average Bonchev–Trinajstić information content (AvgIpc) is 2.57. The molecule has 1 radical (unpaired) electrons. The van der Waals surface area contributed by atoms with Gasteiger partial charge < -0.3 is 4.90 Å². The van der Waals surface area contributed by atoms with E-state index in [9.17, 15) is 0 Å². The molecular formula is C19H20N2Si+. The molecule has 0 aliphatic heterocycles. The van der Waals surface area contributed by atoms with Crippen molar-refractivity contribution < 1.29 is 4.23 Å². The Morgan fingerprint density at radius 3 is 1.55 bits per heavy atom. The highest BCUT2D eigenvalue weighted by molar-refractivity contribution is 6.78. The maximum atomic E-state index is 2.36. The summed E-state index contributed by atoms with van der Waals surface area (Å²) in [7, 11) is 3.12. The molecule has 0 unspecified atom stereocenters. The van der Waals surface area contributed by atoms with E-state index in [0.29, 0.717) is 0 Å². The predicted molar refractivity (Wildman–Crippen MR) is 94.3 cm³/mol. The van der Waals surface area contributed by atoms with Gasteiger partial charge in [0, 0.05) is 42.3 Å². The van der Waals surface area contributed by atoms with Crippen molar-refractivity contribution in [2.75, 3.05) is 19.0 Å². The van der Waals surface area contributed by atoms with Gasteiger partial charge in [-0.3, -0.25) is 4.23 Å². The van der Waals surface area contributed by atoms with Crippen LogP contribution in [0.5, 0.6) is 0 Å². The SMILES string of the molecule is CN(C)c1cc[n+]([Si](c2ccccc2)c2ccccc2)cc1. The molecule has 0 atom stereocenters. The van der Waals surface area contributed by atoms with Crippen LogP contribution in [0.2, 0.25) is 0 Å². The zero-order valence-corrected chi connectivity index (χ0v) is 14.0. The summed E-state index contributed by atoms with van der Waals surface area (Å²) in [5.74, 6) is 0. The number of benzene rings is 2. The van der Waals surface area contributed by atoms with E-state index in [2.05, 4.69) is 108 Å². The standard InChI is InChI=1S/C19H20N2Si/c1-20(2)17-13-15-21(16-14-17)22(18-9-5-3-6-10-18)19-11-7-4-8-12-19/h3-16H,1-2H3/q+1. The van der Waals surface area contributed by atoms with Gasteiger partial charge in [-0.15, -0.1) is 0 Å². The van der Waals surface area contributed by atoms with Crippen LogP contribution in [0.1, 0.15) is 0 Å². The first-order valence-electron chi connectivity index (χ1n) is 7.42. The Hall–Kier alpha value is -2.39. The molecule has 22 heavy (non-hydrogen) atoms. The zero-order chi connectivity index (χ0) is 15.4. The van der Waals surface area contributed by atoms with Crippen LogP contribution < -0.4 is 19.5 Å². The molecule has 0 amide bonds. The van der Waals surface area contributed by atoms with Gasteiger partial charge in [0.25, 0.3) is 0 Å². The molecule has 0 aliphatic rings. The topological polar surface area (TPSA) is 7.12 Å². The summed E-state index contributed by atoms with van der Waals surface area (Å²) in [5, 5.41) is 2.78. The first kappa shape index (κ1) is 14.5. The molecule has 1 heterocycles. The Balaban J connectivity index is 2.06. The number of pyridine rings is 1. The lowest BCUT2D eigenvalue weighted by Gasteiger charge is -2.13. The fraction of sp³-hybridized carbons (Fsp3) is 0.105. The summed E-state index contributed by atoms with van der Waals surface area (Å²) < 4.78 is 2.36. The fourth-order valence-electron chi connectivity index (χ4n) is 2.52. The van der Waals surface area contributed by atoms with Crippen molar-refractivity contribution in [1.29, 1.82) is 0 Å². The zero-order valence-electron chi connectivity index (χ0n) is 13.0. The Kier molecular flexibility index (Phi) is 4.35. The number of nitrogens with zero attached hydrogens (tertiary/aromatic N) is 2. The molecular weight excluding hydrogens is 284 g/mol. The molecule has 0 saturated carbocycles. The summed E-state index contributed by atoms with van der Waals surface area (Å²) >= 11 is 0. The molecule has 0 bridgehead atoms. The first-order valence-corrected chi connectivity index (χ1v) is 8.87. The summed E-state index contributed by atoms with van der Waals surface area (Å²) in [6.07, 6.45) is 4.40. The molecule has 109 valence electrons. The maximum Gasteiger partial charge on any atom is 0.497 e. The van der Waals surface area contributed by atoms with Gasteiger partial charge in [0.2, 0.25) is 0 Å². The molecule has 3 heteroatoms. The lowest BCUT2D eigenvalue weighted by molar-refractivity contribution is -0.532. The van der Waals surface area contributed by atoms with Crippen molar-refractivity contribution >= 4 is 25.0 Å². The van der Waals surface area contributed by atoms with Gasteiger partial charge in [0.15, 0.2) is 0 Å². The minimum atomic E-state index is -1.02. The number of hydrogen-bond donors (Lipinski definition) is 0. The Morgan fingerprint density at radius 1 is 0.682 bits per heavy atom. The van der Waals surface area contributed by atoms with Gasteiger partial charge in [-0.2, -0.15) is 0 Å². The fourth-order valence-corrected chi connectivity index (χ4v) is 4.92. The third-order valence-corrected chi connectivity index (χ3v) is 6.26. The molecule has 0 aliphatic carbocycles. The van der Waals surface area contributed by atoms with Crippen molar-refractivity contribution in [2.24, 2.45) is 0 Å². The number of hydrogen-bond acceptors (Lipinski definition) is 1. The van der Waals surface area contributed by atoms with Crippen LogP contribution in [0.25, 0.3) is 0 Å². The van der Waals surface area contributed by atoms with Gasteiger partial charge >= 0.3 is 8.96 Å². The van der Waals surface area contributed by atoms with Gasteiger partial charge in [-0.05, 0) is 0 Å². The lowest BCUT2D eigenvalue weighted by Crippen LogP contribution is -2.65. The van der Waals surface area contributed by atoms with Crippen LogP contribution in [0.15, 0.2) is 85.2 Å². The molecule has 3 rings (SSSR count). The number of anilines is 1. The molecule has 0 saturated heterocycles. The molecule has 2 aromatic carbocycles. The van der Waals surface area contributed by atoms with Gasteiger partial charge in [-0.1, -0.05) is 60.7 Å². The van der Waals surface area contributed by atoms with Gasteiger partial charge in [0.05, 0.1) is 0 Å². The Bertz CT molecular complexity index is 670. The summed E-state index contributed by atoms with van der Waals surface area (Å²) in [5.41, 5.74) is 1.22. The Labute approximate surface area is 134 Å². The van der Waals surface area contributed by atoms with Crippen LogP contribution in [0.4, 0.5) is 5.69 Å². The van der Waals surface area contributed by atoms with Crippen molar-refractivity contribution in [2.45, 2.75) is 0 Å².